The maximum absolute atomic E-state index is 6.28. The Kier molecular flexibility index (Phi) is 4.60. The van der Waals surface area contributed by atoms with Gasteiger partial charge in [-0.1, -0.05) is 98.8 Å². The number of aromatic nitrogens is 1. The number of hydrogen-bond donors (Lipinski definition) is 0. The van der Waals surface area contributed by atoms with Gasteiger partial charge in [-0.2, -0.15) is 0 Å². The van der Waals surface area contributed by atoms with E-state index < -0.39 is 0 Å². The van der Waals surface area contributed by atoms with Crippen LogP contribution in [0.5, 0.6) is 11.5 Å². The molecule has 39 heavy (non-hydrogen) atoms. The second-order valence-corrected chi connectivity index (χ2v) is 11.0. The molecule has 0 aliphatic carbocycles. The van der Waals surface area contributed by atoms with Gasteiger partial charge in [0.2, 0.25) is 0 Å². The second-order valence-electron chi connectivity index (χ2n) is 11.0. The normalized spacial score (nSPS) is 13.8. The molecule has 0 saturated carbocycles. The molecule has 6 aromatic carbocycles. The Labute approximate surface area is 227 Å². The van der Waals surface area contributed by atoms with Crippen LogP contribution in [-0.2, 0) is 5.41 Å². The number of nitrogens with zero attached hydrogens (tertiary/aromatic N) is 1. The van der Waals surface area contributed by atoms with Crippen LogP contribution < -0.4 is 4.74 Å². The van der Waals surface area contributed by atoms with Gasteiger partial charge in [-0.3, -0.25) is 0 Å². The van der Waals surface area contributed by atoms with Crippen LogP contribution in [0.4, 0.5) is 0 Å². The topological polar surface area (TPSA) is 14.2 Å². The van der Waals surface area contributed by atoms with E-state index >= 15 is 0 Å². The van der Waals surface area contributed by atoms with Crippen molar-refractivity contribution in [3.05, 3.63) is 139 Å². The third kappa shape index (κ3) is 3.21. The van der Waals surface area contributed by atoms with Gasteiger partial charge in [-0.15, -0.1) is 0 Å². The minimum Gasteiger partial charge on any atom is -0.457 e. The lowest BCUT2D eigenvalue weighted by Gasteiger charge is -2.34. The van der Waals surface area contributed by atoms with Gasteiger partial charge in [-0.05, 0) is 64.4 Å². The van der Waals surface area contributed by atoms with Gasteiger partial charge in [0, 0.05) is 33.0 Å². The van der Waals surface area contributed by atoms with Crippen molar-refractivity contribution in [3.8, 4) is 28.3 Å². The molecule has 7 aromatic rings. The first kappa shape index (κ1) is 22.2. The van der Waals surface area contributed by atoms with Crippen molar-refractivity contribution < 1.29 is 4.74 Å². The average Bonchev–Trinajstić information content (AvgIpc) is 3.32. The maximum atomic E-state index is 6.28. The number of ether oxygens (including phenoxy) is 1. The van der Waals surface area contributed by atoms with Crippen LogP contribution in [-0.4, -0.2) is 4.57 Å². The Morgan fingerprint density at radius 3 is 2.10 bits per heavy atom. The number of fused-ring (bicyclic) bond motifs is 7. The SMILES string of the molecule is CC1(C)c2ccccc2Oc2ccc(-c3ccc(-n4c5ccccc5c5c6ccccc6ccc54)cc3)cc21. The zero-order valence-electron chi connectivity index (χ0n) is 22.0. The van der Waals surface area contributed by atoms with Gasteiger partial charge in [0.05, 0.1) is 11.0 Å². The fourth-order valence-electron chi connectivity index (χ4n) is 6.44. The van der Waals surface area contributed by atoms with Crippen molar-refractivity contribution in [2.24, 2.45) is 0 Å². The molecule has 0 spiro atoms. The minimum absolute atomic E-state index is 0.133. The molecule has 0 fully saturated rings. The molecule has 1 aliphatic heterocycles. The van der Waals surface area contributed by atoms with Crippen molar-refractivity contribution in [1.29, 1.82) is 0 Å². The third-order valence-corrected chi connectivity index (χ3v) is 8.45. The van der Waals surface area contributed by atoms with Crippen LogP contribution in [0.25, 0.3) is 49.4 Å². The van der Waals surface area contributed by atoms with Crippen molar-refractivity contribution in [3.63, 3.8) is 0 Å². The molecule has 0 saturated heterocycles. The molecule has 186 valence electrons. The molecule has 2 heterocycles. The molecule has 1 aromatic heterocycles. The summed E-state index contributed by atoms with van der Waals surface area (Å²) in [7, 11) is 0. The first-order valence-electron chi connectivity index (χ1n) is 13.5. The molecule has 0 unspecified atom stereocenters. The van der Waals surface area contributed by atoms with Crippen molar-refractivity contribution in [2.45, 2.75) is 19.3 Å². The monoisotopic (exact) mass is 501 g/mol. The van der Waals surface area contributed by atoms with Gasteiger partial charge < -0.3 is 9.30 Å². The van der Waals surface area contributed by atoms with E-state index in [0.717, 1.165) is 17.2 Å². The summed E-state index contributed by atoms with van der Waals surface area (Å²) in [4.78, 5) is 0. The average molecular weight is 502 g/mol. The predicted octanol–water partition coefficient (Wildman–Crippen LogP) is 10.0. The van der Waals surface area contributed by atoms with E-state index in [1.807, 2.05) is 6.07 Å². The Morgan fingerprint density at radius 1 is 0.538 bits per heavy atom. The molecule has 0 radical (unpaired) electrons. The molecule has 1 aliphatic rings. The van der Waals surface area contributed by atoms with E-state index in [-0.39, 0.29) is 5.41 Å². The minimum atomic E-state index is -0.133. The fraction of sp³-hybridized carbons (Fsp3) is 0.0811. The molecule has 0 atom stereocenters. The highest BCUT2D eigenvalue weighted by atomic mass is 16.5. The van der Waals surface area contributed by atoms with Crippen LogP contribution >= 0.6 is 0 Å². The van der Waals surface area contributed by atoms with E-state index in [2.05, 4.69) is 140 Å². The Morgan fingerprint density at radius 2 is 1.23 bits per heavy atom. The highest BCUT2D eigenvalue weighted by Crippen LogP contribution is 2.48. The molecule has 0 bridgehead atoms. The second kappa shape index (κ2) is 8.09. The lowest BCUT2D eigenvalue weighted by Crippen LogP contribution is -2.24. The number of hydrogen-bond acceptors (Lipinski definition) is 1. The maximum Gasteiger partial charge on any atom is 0.131 e. The molecular weight excluding hydrogens is 474 g/mol. The van der Waals surface area contributed by atoms with Crippen molar-refractivity contribution in [1.82, 2.24) is 4.57 Å². The smallest absolute Gasteiger partial charge is 0.131 e. The zero-order valence-corrected chi connectivity index (χ0v) is 22.0. The molecule has 2 heteroatoms. The van der Waals surface area contributed by atoms with Gasteiger partial charge in [0.1, 0.15) is 11.5 Å². The highest BCUT2D eigenvalue weighted by molar-refractivity contribution is 6.21. The van der Waals surface area contributed by atoms with E-state index in [9.17, 15) is 0 Å². The van der Waals surface area contributed by atoms with E-state index in [1.165, 1.54) is 54.8 Å². The quantitative estimate of drug-likeness (QED) is 0.230. The van der Waals surface area contributed by atoms with Crippen LogP contribution in [0.2, 0.25) is 0 Å². The number of para-hydroxylation sites is 2. The summed E-state index contributed by atoms with van der Waals surface area (Å²) in [6, 6.07) is 45.8. The Balaban J connectivity index is 1.25. The van der Waals surface area contributed by atoms with E-state index in [1.54, 1.807) is 0 Å². The summed E-state index contributed by atoms with van der Waals surface area (Å²) in [6.07, 6.45) is 0. The molecular formula is C37H27NO. The molecule has 2 nitrogen and oxygen atoms in total. The summed E-state index contributed by atoms with van der Waals surface area (Å²) < 4.78 is 8.67. The summed E-state index contributed by atoms with van der Waals surface area (Å²) in [5, 5.41) is 5.16. The first-order valence-corrected chi connectivity index (χ1v) is 13.5. The summed E-state index contributed by atoms with van der Waals surface area (Å²) in [6.45, 7) is 4.57. The largest absolute Gasteiger partial charge is 0.457 e. The van der Waals surface area contributed by atoms with Gasteiger partial charge in [-0.25, -0.2) is 0 Å². The standard InChI is InChI=1S/C37H27NO/c1-37(2)30-12-6-8-14-34(30)39-35-22-18-26(23-31(35)37)24-15-19-27(20-16-24)38-32-13-7-5-11-29(32)36-28-10-4-3-9-25(28)17-21-33(36)38/h3-23H,1-2H3. The van der Waals surface area contributed by atoms with Gasteiger partial charge >= 0.3 is 0 Å². The van der Waals surface area contributed by atoms with Gasteiger partial charge in [0.25, 0.3) is 0 Å². The zero-order chi connectivity index (χ0) is 26.1. The van der Waals surface area contributed by atoms with Crippen molar-refractivity contribution >= 4 is 32.6 Å². The van der Waals surface area contributed by atoms with E-state index in [4.69, 9.17) is 4.74 Å². The van der Waals surface area contributed by atoms with Crippen LogP contribution in [0.3, 0.4) is 0 Å². The number of rotatable bonds is 2. The van der Waals surface area contributed by atoms with Crippen LogP contribution in [0.15, 0.2) is 127 Å². The number of benzene rings is 6. The Hall–Kier alpha value is -4.82. The third-order valence-electron chi connectivity index (χ3n) is 8.45. The van der Waals surface area contributed by atoms with Crippen LogP contribution in [0.1, 0.15) is 25.0 Å². The van der Waals surface area contributed by atoms with Gasteiger partial charge in [0.15, 0.2) is 0 Å². The fourth-order valence-corrected chi connectivity index (χ4v) is 6.44. The summed E-state index contributed by atoms with van der Waals surface area (Å²) >= 11 is 0. The first-order chi connectivity index (χ1) is 19.1. The Bertz CT molecular complexity index is 2060. The van der Waals surface area contributed by atoms with E-state index in [0.29, 0.717) is 0 Å². The lowest BCUT2D eigenvalue weighted by atomic mass is 9.75. The molecule has 8 rings (SSSR count). The van der Waals surface area contributed by atoms with Crippen LogP contribution in [0, 0.1) is 0 Å². The summed E-state index contributed by atoms with van der Waals surface area (Å²) in [5.74, 6) is 1.89. The van der Waals surface area contributed by atoms with Crippen molar-refractivity contribution in [2.75, 3.05) is 0 Å². The predicted molar refractivity (Wildman–Crippen MR) is 162 cm³/mol. The summed E-state index contributed by atoms with van der Waals surface area (Å²) in [5.41, 5.74) is 8.33. The lowest BCUT2D eigenvalue weighted by molar-refractivity contribution is 0.418. The molecule has 0 amide bonds. The molecule has 0 N–H and O–H groups in total. The highest BCUT2D eigenvalue weighted by Gasteiger charge is 2.34.